The van der Waals surface area contributed by atoms with Crippen molar-refractivity contribution in [3.8, 4) is 28.8 Å². The second-order valence-corrected chi connectivity index (χ2v) is 12.9. The molecule has 0 spiro atoms. The van der Waals surface area contributed by atoms with Gasteiger partial charge < -0.3 is 4.18 Å². The number of halogens is 4. The number of nitrogens with one attached hydrogen (secondary N) is 1. The maximum Gasteiger partial charge on any atom is 0.309 e. The van der Waals surface area contributed by atoms with E-state index in [1.807, 2.05) is 6.07 Å². The molecule has 41 heavy (non-hydrogen) atoms. The lowest BCUT2D eigenvalue weighted by Crippen LogP contribution is -2.24. The van der Waals surface area contributed by atoms with Crippen molar-refractivity contribution in [2.24, 2.45) is 0 Å². The highest BCUT2D eigenvalue weighted by atomic mass is 35.5. The minimum absolute atomic E-state index is 0.0279. The van der Waals surface area contributed by atoms with Gasteiger partial charge in [-0.05, 0) is 61.0 Å². The third-order valence-electron chi connectivity index (χ3n) is 5.59. The molecule has 0 amide bonds. The van der Waals surface area contributed by atoms with E-state index in [0.29, 0.717) is 40.9 Å². The Balaban J connectivity index is 1.79. The van der Waals surface area contributed by atoms with Crippen LogP contribution in [0.5, 0.6) is 5.75 Å². The Hall–Kier alpha value is -3.54. The summed E-state index contributed by atoms with van der Waals surface area (Å²) in [6, 6.07) is 14.2. The van der Waals surface area contributed by atoms with Gasteiger partial charge in [-0.2, -0.15) is 18.8 Å². The van der Waals surface area contributed by atoms with Crippen molar-refractivity contribution in [1.82, 2.24) is 14.5 Å². The average molecular weight is 642 g/mol. The molecule has 3 aromatic carbocycles. The van der Waals surface area contributed by atoms with E-state index >= 15 is 0 Å². The van der Waals surface area contributed by atoms with Crippen LogP contribution in [0.4, 0.5) is 8.78 Å². The van der Waals surface area contributed by atoms with Crippen LogP contribution in [0.25, 0.3) is 16.9 Å². The minimum Gasteiger partial charge on any atom is -0.382 e. The highest BCUT2D eigenvalue weighted by Crippen LogP contribution is 2.34. The van der Waals surface area contributed by atoms with Gasteiger partial charge in [0.2, 0.25) is 10.0 Å². The molecule has 15 heteroatoms. The Morgan fingerprint density at radius 3 is 2.24 bits per heavy atom. The van der Waals surface area contributed by atoms with Crippen LogP contribution in [0.15, 0.2) is 65.6 Å². The summed E-state index contributed by atoms with van der Waals surface area (Å²) < 4.78 is 85.5. The molecule has 1 heterocycles. The van der Waals surface area contributed by atoms with Gasteiger partial charge in [-0.15, -0.1) is 0 Å². The second kappa shape index (κ2) is 12.1. The average Bonchev–Trinajstić information content (AvgIpc) is 3.25. The summed E-state index contributed by atoms with van der Waals surface area (Å²) in [6.07, 6.45) is 0.369. The molecule has 0 saturated carbocycles. The third-order valence-corrected chi connectivity index (χ3v) is 8.86. The van der Waals surface area contributed by atoms with Crippen molar-refractivity contribution < 1.29 is 29.8 Å². The predicted octanol–water partition coefficient (Wildman–Crippen LogP) is 5.59. The zero-order chi connectivity index (χ0) is 29.9. The van der Waals surface area contributed by atoms with Gasteiger partial charge >= 0.3 is 10.1 Å². The summed E-state index contributed by atoms with van der Waals surface area (Å²) in [4.78, 5) is -0.650. The molecule has 4 rings (SSSR count). The first kappa shape index (κ1) is 30.4. The highest BCUT2D eigenvalue weighted by molar-refractivity contribution is 7.89. The lowest BCUT2D eigenvalue weighted by Gasteiger charge is -2.11. The largest absolute Gasteiger partial charge is 0.382 e. The predicted molar refractivity (Wildman–Crippen MR) is 149 cm³/mol. The van der Waals surface area contributed by atoms with Crippen LogP contribution in [-0.2, 0) is 26.7 Å². The summed E-state index contributed by atoms with van der Waals surface area (Å²) in [5.41, 5.74) is 0.818. The van der Waals surface area contributed by atoms with E-state index < -0.39 is 43.2 Å². The van der Waals surface area contributed by atoms with E-state index in [-0.39, 0.29) is 33.5 Å². The van der Waals surface area contributed by atoms with Gasteiger partial charge in [-0.25, -0.2) is 26.6 Å². The highest BCUT2D eigenvalue weighted by Gasteiger charge is 2.24. The SMILES string of the molecule is CCCS(=O)(=O)Oc1ccc(-c2c(C#N)c(CNS(=O)(=O)c3cc(F)cc(F)c3)nn2-c2ccc(Cl)cc2Cl)cc1. The molecule has 0 saturated heterocycles. The topological polar surface area (TPSA) is 131 Å². The Morgan fingerprint density at radius 1 is 1.00 bits per heavy atom. The lowest BCUT2D eigenvalue weighted by molar-refractivity contribution is 0.485. The van der Waals surface area contributed by atoms with Gasteiger partial charge in [0.1, 0.15) is 29.0 Å². The van der Waals surface area contributed by atoms with Crippen molar-refractivity contribution in [2.75, 3.05) is 5.75 Å². The molecule has 0 radical (unpaired) electrons. The molecular weight excluding hydrogens is 621 g/mol. The number of benzene rings is 3. The smallest absolute Gasteiger partial charge is 0.309 e. The zero-order valence-corrected chi connectivity index (χ0v) is 24.3. The molecule has 1 aromatic heterocycles. The summed E-state index contributed by atoms with van der Waals surface area (Å²) in [6.45, 7) is 1.18. The Bertz CT molecular complexity index is 1850. The quantitative estimate of drug-likeness (QED) is 0.223. The molecule has 0 unspecified atom stereocenters. The summed E-state index contributed by atoms with van der Waals surface area (Å²) in [5.74, 6) is -2.29. The Labute approximate surface area is 245 Å². The van der Waals surface area contributed by atoms with E-state index in [4.69, 9.17) is 27.4 Å². The van der Waals surface area contributed by atoms with E-state index in [1.165, 1.54) is 41.1 Å². The first-order valence-corrected chi connectivity index (χ1v) is 15.6. The molecule has 0 bridgehead atoms. The van der Waals surface area contributed by atoms with Gasteiger partial charge in [0.25, 0.3) is 0 Å². The molecule has 9 nitrogen and oxygen atoms in total. The van der Waals surface area contributed by atoms with Crippen LogP contribution in [0.2, 0.25) is 10.0 Å². The standard InChI is InChI=1S/C26H20Cl2F2N4O5S2/c1-2-9-40(35,36)39-20-6-3-16(4-7-20)26-22(14-31)24(33-34(26)25-8-5-17(27)10-23(25)28)15-32-41(37,38)21-12-18(29)11-19(30)13-21/h3-8,10-13,32H,2,9,15H2,1H3. The van der Waals surface area contributed by atoms with Crippen molar-refractivity contribution >= 4 is 43.3 Å². The van der Waals surface area contributed by atoms with Crippen LogP contribution in [0.3, 0.4) is 0 Å². The minimum atomic E-state index is -4.41. The fraction of sp³-hybridized carbons (Fsp3) is 0.154. The van der Waals surface area contributed by atoms with Crippen molar-refractivity contribution in [3.63, 3.8) is 0 Å². The van der Waals surface area contributed by atoms with Crippen molar-refractivity contribution in [3.05, 3.63) is 93.6 Å². The molecule has 1 N–H and O–H groups in total. The fourth-order valence-electron chi connectivity index (χ4n) is 3.84. The molecule has 0 aliphatic rings. The van der Waals surface area contributed by atoms with Crippen LogP contribution in [0, 0.1) is 23.0 Å². The monoisotopic (exact) mass is 640 g/mol. The second-order valence-electron chi connectivity index (χ2n) is 8.59. The normalized spacial score (nSPS) is 11.8. The van der Waals surface area contributed by atoms with Crippen LogP contribution in [-0.4, -0.2) is 32.4 Å². The number of hydrogen-bond donors (Lipinski definition) is 1. The first-order valence-electron chi connectivity index (χ1n) is 11.8. The number of nitriles is 1. The maximum atomic E-state index is 13.6. The molecule has 214 valence electrons. The zero-order valence-electron chi connectivity index (χ0n) is 21.1. The van der Waals surface area contributed by atoms with Crippen LogP contribution < -0.4 is 8.91 Å². The van der Waals surface area contributed by atoms with Crippen molar-refractivity contribution in [2.45, 2.75) is 24.8 Å². The fourth-order valence-corrected chi connectivity index (χ4v) is 6.34. The van der Waals surface area contributed by atoms with Gasteiger partial charge in [-0.3, -0.25) is 0 Å². The van der Waals surface area contributed by atoms with Gasteiger partial charge in [0.05, 0.1) is 39.3 Å². The van der Waals surface area contributed by atoms with E-state index in [1.54, 1.807) is 13.0 Å². The number of hydrogen-bond acceptors (Lipinski definition) is 7. The van der Waals surface area contributed by atoms with E-state index in [9.17, 15) is 30.9 Å². The number of rotatable bonds is 10. The van der Waals surface area contributed by atoms with Gasteiger partial charge in [0, 0.05) is 16.7 Å². The molecular formula is C26H20Cl2F2N4O5S2. The third kappa shape index (κ3) is 7.03. The molecule has 4 aromatic rings. The molecule has 0 atom stereocenters. The summed E-state index contributed by atoms with van der Waals surface area (Å²) >= 11 is 12.5. The van der Waals surface area contributed by atoms with Gasteiger partial charge in [-0.1, -0.05) is 30.1 Å². The number of sulfonamides is 1. The van der Waals surface area contributed by atoms with Crippen LogP contribution in [0.1, 0.15) is 24.6 Å². The Morgan fingerprint density at radius 2 is 1.66 bits per heavy atom. The first-order chi connectivity index (χ1) is 19.3. The summed E-state index contributed by atoms with van der Waals surface area (Å²) in [7, 11) is -8.20. The van der Waals surface area contributed by atoms with Crippen LogP contribution >= 0.6 is 23.2 Å². The summed E-state index contributed by atoms with van der Waals surface area (Å²) in [5, 5.41) is 15.0. The van der Waals surface area contributed by atoms with Crippen molar-refractivity contribution in [1.29, 1.82) is 5.26 Å². The molecule has 0 fully saturated rings. The van der Waals surface area contributed by atoms with E-state index in [0.717, 1.165) is 0 Å². The number of nitrogens with zero attached hydrogens (tertiary/aromatic N) is 3. The number of aromatic nitrogens is 2. The maximum absolute atomic E-state index is 13.6. The Kier molecular flexibility index (Phi) is 9.00. The molecule has 0 aliphatic heterocycles. The van der Waals surface area contributed by atoms with E-state index in [2.05, 4.69) is 9.82 Å². The van der Waals surface area contributed by atoms with Gasteiger partial charge in [0.15, 0.2) is 0 Å². The lowest BCUT2D eigenvalue weighted by atomic mass is 10.1. The molecule has 0 aliphatic carbocycles.